The van der Waals surface area contributed by atoms with E-state index in [0.717, 1.165) is 45.6 Å². The molecule has 1 amide bonds. The first-order valence-corrected chi connectivity index (χ1v) is 15.8. The van der Waals surface area contributed by atoms with Crippen LogP contribution in [0.2, 0.25) is 0 Å². The summed E-state index contributed by atoms with van der Waals surface area (Å²) < 4.78 is 13.1. The molecule has 4 aromatic rings. The predicted octanol–water partition coefficient (Wildman–Crippen LogP) is 7.05. The average molecular weight is 612 g/mol. The minimum Gasteiger partial charge on any atom is -0.481 e. The van der Waals surface area contributed by atoms with Crippen molar-refractivity contribution in [1.29, 1.82) is 0 Å². The number of aliphatic hydroxyl groups excluding tert-OH is 1. The Morgan fingerprint density at radius 3 is 2.30 bits per heavy atom. The zero-order chi connectivity index (χ0) is 30.7. The molecule has 0 aromatic heterocycles. The maximum absolute atomic E-state index is 12.1. The molecule has 0 radical (unpaired) electrons. The lowest BCUT2D eigenvalue weighted by molar-refractivity contribution is -0.245. The molecule has 44 heavy (non-hydrogen) atoms. The fraction of sp³-hybridized carbons (Fsp3) is 0.278. The van der Waals surface area contributed by atoms with E-state index in [1.54, 1.807) is 11.8 Å². The smallest absolute Gasteiger partial charge is 0.303 e. The third-order valence-corrected chi connectivity index (χ3v) is 8.64. The summed E-state index contributed by atoms with van der Waals surface area (Å²) in [7, 11) is 0. The molecular weight excluding hydrogens is 574 g/mol. The molecule has 4 aromatic carbocycles. The highest BCUT2D eigenvalue weighted by Gasteiger charge is 2.32. The van der Waals surface area contributed by atoms with Crippen molar-refractivity contribution >= 4 is 23.6 Å². The van der Waals surface area contributed by atoms with Crippen molar-refractivity contribution in [1.82, 2.24) is 5.32 Å². The van der Waals surface area contributed by atoms with Crippen molar-refractivity contribution < 1.29 is 29.3 Å². The number of benzene rings is 4. The highest BCUT2D eigenvalue weighted by Crippen LogP contribution is 2.40. The van der Waals surface area contributed by atoms with E-state index < -0.39 is 12.3 Å². The van der Waals surface area contributed by atoms with Crippen LogP contribution < -0.4 is 5.32 Å². The lowest BCUT2D eigenvalue weighted by Gasteiger charge is -2.36. The number of carbonyl (C=O) groups is 2. The number of ether oxygens (including phenoxy) is 2. The van der Waals surface area contributed by atoms with Gasteiger partial charge >= 0.3 is 5.97 Å². The monoisotopic (exact) mass is 611 g/mol. The van der Waals surface area contributed by atoms with E-state index in [1.165, 1.54) is 4.90 Å². The van der Waals surface area contributed by atoms with Gasteiger partial charge in [-0.05, 0) is 58.5 Å². The van der Waals surface area contributed by atoms with E-state index in [2.05, 4.69) is 23.5 Å². The van der Waals surface area contributed by atoms with Gasteiger partial charge in [0.2, 0.25) is 5.91 Å². The van der Waals surface area contributed by atoms with Gasteiger partial charge in [0, 0.05) is 42.0 Å². The molecule has 5 rings (SSSR count). The van der Waals surface area contributed by atoms with Gasteiger partial charge in [0.15, 0.2) is 6.29 Å². The van der Waals surface area contributed by atoms with Crippen LogP contribution in [0.25, 0.3) is 11.1 Å². The van der Waals surface area contributed by atoms with Gasteiger partial charge in [0.25, 0.3) is 0 Å². The van der Waals surface area contributed by atoms with Crippen LogP contribution in [0.4, 0.5) is 0 Å². The predicted molar refractivity (Wildman–Crippen MR) is 171 cm³/mol. The highest BCUT2D eigenvalue weighted by atomic mass is 32.2. The Morgan fingerprint density at radius 2 is 1.55 bits per heavy atom. The van der Waals surface area contributed by atoms with E-state index >= 15 is 0 Å². The maximum Gasteiger partial charge on any atom is 0.303 e. The number of amides is 1. The van der Waals surface area contributed by atoms with Crippen LogP contribution in [-0.4, -0.2) is 33.9 Å². The molecule has 1 aliphatic rings. The van der Waals surface area contributed by atoms with Crippen molar-refractivity contribution in [3.63, 3.8) is 0 Å². The van der Waals surface area contributed by atoms with E-state index in [0.29, 0.717) is 13.0 Å². The molecule has 8 heteroatoms. The summed E-state index contributed by atoms with van der Waals surface area (Å²) >= 11 is 1.77. The van der Waals surface area contributed by atoms with Gasteiger partial charge in [-0.1, -0.05) is 78.9 Å². The quantitative estimate of drug-likeness (QED) is 0.139. The molecule has 0 saturated carbocycles. The molecular formula is C36H37NO6S. The van der Waals surface area contributed by atoms with Crippen LogP contribution >= 0.6 is 11.8 Å². The first-order chi connectivity index (χ1) is 21.5. The zero-order valence-electron chi connectivity index (χ0n) is 24.4. The zero-order valence-corrected chi connectivity index (χ0v) is 25.2. The Hall–Kier alpha value is -3.95. The number of carboxylic acids is 1. The summed E-state index contributed by atoms with van der Waals surface area (Å²) in [5.41, 5.74) is 5.81. The fourth-order valence-corrected chi connectivity index (χ4v) is 6.09. The van der Waals surface area contributed by atoms with Crippen LogP contribution in [0, 0.1) is 0 Å². The van der Waals surface area contributed by atoms with E-state index in [4.69, 9.17) is 14.6 Å². The fourth-order valence-electron chi connectivity index (χ4n) is 5.14. The number of thioether (sulfide) groups is 1. The van der Waals surface area contributed by atoms with Crippen LogP contribution in [-0.2, 0) is 32.2 Å². The minimum atomic E-state index is -0.898. The van der Waals surface area contributed by atoms with E-state index in [9.17, 15) is 14.7 Å². The number of aliphatic hydroxyl groups is 1. The summed E-state index contributed by atoms with van der Waals surface area (Å²) in [6.07, 6.45) is 0.463. The van der Waals surface area contributed by atoms with Crippen molar-refractivity contribution in [3.05, 3.63) is 125 Å². The summed E-state index contributed by atoms with van der Waals surface area (Å²) in [6, 6.07) is 34.4. The standard InChI is InChI=1S/C36H37NO6S/c38-23-25-15-17-27(18-16-25)33-21-31(24-44-32-11-2-1-3-12-32)42-36(43-33)30-10-5-9-29(20-30)28-8-4-7-26(19-28)22-37-34(39)13-6-14-35(40)41/h1-5,7-12,15-20,31,33,36,38H,6,13-14,21-24H2,(H,37,39)(H,40,41)/t31-,33+,36+/m1/s1. The van der Waals surface area contributed by atoms with Crippen LogP contribution in [0.15, 0.2) is 108 Å². The molecule has 0 aliphatic carbocycles. The summed E-state index contributed by atoms with van der Waals surface area (Å²) in [4.78, 5) is 24.0. The second-order valence-electron chi connectivity index (χ2n) is 10.8. The number of carboxylic acid groups (broad SMARTS) is 1. The summed E-state index contributed by atoms with van der Waals surface area (Å²) in [5, 5.41) is 21.2. The van der Waals surface area contributed by atoms with Gasteiger partial charge in [0.05, 0.1) is 18.8 Å². The third-order valence-electron chi connectivity index (χ3n) is 7.50. The van der Waals surface area contributed by atoms with Crippen LogP contribution in [0.1, 0.15) is 60.3 Å². The molecule has 0 bridgehead atoms. The van der Waals surface area contributed by atoms with Gasteiger partial charge < -0.3 is 25.0 Å². The summed E-state index contributed by atoms with van der Waals surface area (Å²) in [5.74, 6) is -0.268. The molecule has 1 fully saturated rings. The van der Waals surface area contributed by atoms with Gasteiger partial charge in [-0.15, -0.1) is 11.8 Å². The first kappa shape index (κ1) is 31.5. The van der Waals surface area contributed by atoms with Crippen molar-refractivity contribution in [2.24, 2.45) is 0 Å². The molecule has 1 saturated heterocycles. The third kappa shape index (κ3) is 9.03. The van der Waals surface area contributed by atoms with E-state index in [1.807, 2.05) is 84.9 Å². The van der Waals surface area contributed by atoms with E-state index in [-0.39, 0.29) is 37.6 Å². The minimum absolute atomic E-state index is 0.00103. The van der Waals surface area contributed by atoms with Gasteiger partial charge in [0.1, 0.15) is 0 Å². The van der Waals surface area contributed by atoms with Crippen LogP contribution in [0.5, 0.6) is 0 Å². The first-order valence-electron chi connectivity index (χ1n) is 14.8. The number of nitrogens with one attached hydrogen (secondary N) is 1. The Kier molecular flexibility index (Phi) is 11.2. The van der Waals surface area contributed by atoms with Gasteiger partial charge in [-0.25, -0.2) is 0 Å². The van der Waals surface area contributed by atoms with Crippen molar-refractivity contribution in [2.75, 3.05) is 5.75 Å². The Morgan fingerprint density at radius 1 is 0.795 bits per heavy atom. The normalized spacial score (nSPS) is 18.1. The lowest BCUT2D eigenvalue weighted by Crippen LogP contribution is -2.31. The number of aliphatic carboxylic acids is 1. The Balaban J connectivity index is 1.30. The number of hydrogen-bond donors (Lipinski definition) is 3. The topological polar surface area (TPSA) is 105 Å². The summed E-state index contributed by atoms with van der Waals surface area (Å²) in [6.45, 7) is 0.368. The van der Waals surface area contributed by atoms with Gasteiger partial charge in [-0.3, -0.25) is 9.59 Å². The molecule has 0 spiro atoms. The number of hydrogen-bond acceptors (Lipinski definition) is 6. The van der Waals surface area contributed by atoms with Crippen LogP contribution in [0.3, 0.4) is 0 Å². The SMILES string of the molecule is O=C(O)CCCC(=O)NCc1cccc(-c2cccc([C@H]3O[C@@H](CSc4ccccc4)C[C@@H](c4ccc(CO)cc4)O3)c2)c1. The largest absolute Gasteiger partial charge is 0.481 e. The molecule has 3 N–H and O–H groups in total. The molecule has 1 heterocycles. The highest BCUT2D eigenvalue weighted by molar-refractivity contribution is 7.99. The second-order valence-corrected chi connectivity index (χ2v) is 11.9. The molecule has 0 unspecified atom stereocenters. The Bertz CT molecular complexity index is 1530. The lowest BCUT2D eigenvalue weighted by atomic mass is 9.99. The average Bonchev–Trinajstić information content (AvgIpc) is 3.07. The van der Waals surface area contributed by atoms with Crippen molar-refractivity contribution in [3.8, 4) is 11.1 Å². The Labute approximate surface area is 262 Å². The number of rotatable bonds is 13. The maximum atomic E-state index is 12.1. The second kappa shape index (κ2) is 15.7. The van der Waals surface area contributed by atoms with Crippen molar-refractivity contribution in [2.45, 2.75) is 62.2 Å². The molecule has 7 nitrogen and oxygen atoms in total. The van der Waals surface area contributed by atoms with Gasteiger partial charge in [-0.2, -0.15) is 0 Å². The molecule has 1 aliphatic heterocycles. The number of carbonyl (C=O) groups excluding carboxylic acids is 1. The molecule has 228 valence electrons. The molecule has 3 atom stereocenters.